The van der Waals surface area contributed by atoms with Gasteiger partial charge in [0.1, 0.15) is 0 Å². The zero-order valence-electron chi connectivity index (χ0n) is 12.6. The van der Waals surface area contributed by atoms with E-state index in [1.165, 1.54) is 0 Å². The second-order valence-corrected chi connectivity index (χ2v) is 5.21. The van der Waals surface area contributed by atoms with E-state index < -0.39 is 0 Å². The number of rotatable bonds is 8. The van der Waals surface area contributed by atoms with E-state index in [9.17, 15) is 0 Å². The van der Waals surface area contributed by atoms with Crippen molar-refractivity contribution in [3.05, 3.63) is 5.28 Å². The topological polar surface area (TPSA) is 63.6 Å². The summed E-state index contributed by atoms with van der Waals surface area (Å²) >= 11 is 6.06. The minimum Gasteiger partial charge on any atom is -0.383 e. The molecule has 1 saturated heterocycles. The molecule has 1 aromatic rings. The van der Waals surface area contributed by atoms with Gasteiger partial charge in [0.25, 0.3) is 0 Å². The van der Waals surface area contributed by atoms with Crippen molar-refractivity contribution < 1.29 is 9.47 Å². The molecule has 8 heteroatoms. The van der Waals surface area contributed by atoms with Crippen molar-refractivity contribution >= 4 is 23.5 Å². The molecular weight excluding hydrogens is 294 g/mol. The SMILES string of the molecule is COCCN(CCOC)c1nc(Cl)nc(N2CCCC2)n1. The normalized spacial score (nSPS) is 14.7. The van der Waals surface area contributed by atoms with Crippen LogP contribution < -0.4 is 9.80 Å². The van der Waals surface area contributed by atoms with Gasteiger partial charge in [-0.05, 0) is 24.4 Å². The largest absolute Gasteiger partial charge is 0.383 e. The molecule has 0 saturated carbocycles. The molecule has 0 unspecified atom stereocenters. The third kappa shape index (κ3) is 4.66. The Kier molecular flexibility index (Phi) is 6.41. The summed E-state index contributed by atoms with van der Waals surface area (Å²) in [6.07, 6.45) is 2.32. The summed E-state index contributed by atoms with van der Waals surface area (Å²) in [4.78, 5) is 17.2. The maximum atomic E-state index is 6.06. The van der Waals surface area contributed by atoms with E-state index in [1.807, 2.05) is 4.90 Å². The Morgan fingerprint density at radius 2 is 1.67 bits per heavy atom. The van der Waals surface area contributed by atoms with Gasteiger partial charge in [0.2, 0.25) is 17.2 Å². The number of aromatic nitrogens is 3. The number of hydrogen-bond acceptors (Lipinski definition) is 7. The highest BCUT2D eigenvalue weighted by atomic mass is 35.5. The van der Waals surface area contributed by atoms with Crippen LogP contribution in [0.15, 0.2) is 0 Å². The summed E-state index contributed by atoms with van der Waals surface area (Å²) in [5.74, 6) is 1.23. The van der Waals surface area contributed by atoms with E-state index in [4.69, 9.17) is 21.1 Å². The standard InChI is InChI=1S/C13H22ClN5O2/c1-20-9-7-19(8-10-21-2)13-16-11(14)15-12(17-13)18-5-3-4-6-18/h3-10H2,1-2H3. The van der Waals surface area contributed by atoms with Gasteiger partial charge in [-0.2, -0.15) is 15.0 Å². The summed E-state index contributed by atoms with van der Waals surface area (Å²) in [6, 6.07) is 0. The van der Waals surface area contributed by atoms with Gasteiger partial charge in [0, 0.05) is 40.4 Å². The molecule has 0 N–H and O–H groups in total. The molecule has 21 heavy (non-hydrogen) atoms. The Balaban J connectivity index is 2.17. The van der Waals surface area contributed by atoms with Crippen LogP contribution in [-0.4, -0.2) is 68.6 Å². The van der Waals surface area contributed by atoms with Crippen LogP contribution in [0.1, 0.15) is 12.8 Å². The molecule has 0 amide bonds. The van der Waals surface area contributed by atoms with Crippen molar-refractivity contribution in [3.8, 4) is 0 Å². The van der Waals surface area contributed by atoms with Crippen LogP contribution in [0.2, 0.25) is 5.28 Å². The first-order valence-electron chi connectivity index (χ1n) is 7.14. The van der Waals surface area contributed by atoms with Crippen LogP contribution in [0.5, 0.6) is 0 Å². The number of halogens is 1. The molecule has 1 aliphatic heterocycles. The molecule has 0 radical (unpaired) electrons. The van der Waals surface area contributed by atoms with Gasteiger partial charge >= 0.3 is 0 Å². The molecule has 1 aromatic heterocycles. The number of nitrogens with zero attached hydrogens (tertiary/aromatic N) is 5. The molecule has 0 atom stereocenters. The lowest BCUT2D eigenvalue weighted by Gasteiger charge is -2.23. The van der Waals surface area contributed by atoms with Crippen LogP contribution in [0.25, 0.3) is 0 Å². The van der Waals surface area contributed by atoms with Crippen molar-refractivity contribution in [2.45, 2.75) is 12.8 Å². The molecule has 0 aliphatic carbocycles. The molecular formula is C13H22ClN5O2. The second kappa shape index (κ2) is 8.31. The average Bonchev–Trinajstić information content (AvgIpc) is 3.01. The fraction of sp³-hybridized carbons (Fsp3) is 0.769. The Labute approximate surface area is 130 Å². The fourth-order valence-corrected chi connectivity index (χ4v) is 2.40. The quantitative estimate of drug-likeness (QED) is 0.714. The van der Waals surface area contributed by atoms with E-state index in [2.05, 4.69) is 19.9 Å². The van der Waals surface area contributed by atoms with E-state index in [0.717, 1.165) is 25.9 Å². The molecule has 1 aliphatic rings. The highest BCUT2D eigenvalue weighted by Crippen LogP contribution is 2.20. The third-order valence-corrected chi connectivity index (χ3v) is 3.56. The van der Waals surface area contributed by atoms with Crippen LogP contribution in [-0.2, 0) is 9.47 Å². The lowest BCUT2D eigenvalue weighted by atomic mass is 10.4. The van der Waals surface area contributed by atoms with Crippen molar-refractivity contribution in [1.29, 1.82) is 0 Å². The van der Waals surface area contributed by atoms with Gasteiger partial charge in [-0.1, -0.05) is 0 Å². The Morgan fingerprint density at radius 1 is 1.05 bits per heavy atom. The van der Waals surface area contributed by atoms with Gasteiger partial charge in [0.15, 0.2) is 0 Å². The Hall–Kier alpha value is -1.18. The van der Waals surface area contributed by atoms with E-state index in [1.54, 1.807) is 14.2 Å². The van der Waals surface area contributed by atoms with Crippen molar-refractivity contribution in [2.24, 2.45) is 0 Å². The van der Waals surface area contributed by atoms with Gasteiger partial charge in [-0.3, -0.25) is 0 Å². The first kappa shape index (κ1) is 16.2. The summed E-state index contributed by atoms with van der Waals surface area (Å²) in [5.41, 5.74) is 0. The van der Waals surface area contributed by atoms with Crippen molar-refractivity contribution in [2.75, 3.05) is 63.4 Å². The lowest BCUT2D eigenvalue weighted by molar-refractivity contribution is 0.189. The predicted octanol–water partition coefficient (Wildman–Crippen LogP) is 1.22. The molecule has 1 fully saturated rings. The summed E-state index contributed by atoms with van der Waals surface area (Å²) in [7, 11) is 3.34. The minimum atomic E-state index is 0.224. The molecule has 7 nitrogen and oxygen atoms in total. The Bertz CT molecular complexity index is 435. The number of methoxy groups -OCH3 is 2. The third-order valence-electron chi connectivity index (χ3n) is 3.39. The molecule has 0 bridgehead atoms. The van der Waals surface area contributed by atoms with E-state index in [0.29, 0.717) is 38.2 Å². The molecule has 0 spiro atoms. The number of anilines is 2. The van der Waals surface area contributed by atoms with Gasteiger partial charge in [-0.25, -0.2) is 0 Å². The summed E-state index contributed by atoms with van der Waals surface area (Å²) in [6.45, 7) is 4.48. The number of hydrogen-bond donors (Lipinski definition) is 0. The monoisotopic (exact) mass is 315 g/mol. The van der Waals surface area contributed by atoms with E-state index in [-0.39, 0.29) is 5.28 Å². The zero-order valence-corrected chi connectivity index (χ0v) is 13.3. The van der Waals surface area contributed by atoms with Crippen molar-refractivity contribution in [3.63, 3.8) is 0 Å². The van der Waals surface area contributed by atoms with Gasteiger partial charge in [0.05, 0.1) is 13.2 Å². The fourth-order valence-electron chi connectivity index (χ4n) is 2.24. The van der Waals surface area contributed by atoms with Crippen LogP contribution in [0, 0.1) is 0 Å². The van der Waals surface area contributed by atoms with E-state index >= 15 is 0 Å². The highest BCUT2D eigenvalue weighted by Gasteiger charge is 2.19. The molecule has 2 rings (SSSR count). The molecule has 0 aromatic carbocycles. The lowest BCUT2D eigenvalue weighted by Crippen LogP contribution is -2.33. The molecule has 2 heterocycles. The molecule has 118 valence electrons. The maximum absolute atomic E-state index is 6.06. The Morgan fingerprint density at radius 3 is 2.24 bits per heavy atom. The van der Waals surface area contributed by atoms with Crippen molar-refractivity contribution in [1.82, 2.24) is 15.0 Å². The van der Waals surface area contributed by atoms with Gasteiger partial charge < -0.3 is 19.3 Å². The van der Waals surface area contributed by atoms with Crippen LogP contribution in [0.3, 0.4) is 0 Å². The minimum absolute atomic E-state index is 0.224. The predicted molar refractivity (Wildman–Crippen MR) is 82.2 cm³/mol. The average molecular weight is 316 g/mol. The number of ether oxygens (including phenoxy) is 2. The smallest absolute Gasteiger partial charge is 0.231 e. The summed E-state index contributed by atoms with van der Waals surface area (Å²) < 4.78 is 10.3. The maximum Gasteiger partial charge on any atom is 0.231 e. The zero-order chi connectivity index (χ0) is 15.1. The first-order chi connectivity index (χ1) is 10.2. The summed E-state index contributed by atoms with van der Waals surface area (Å²) in [5, 5.41) is 0.224. The highest BCUT2D eigenvalue weighted by molar-refractivity contribution is 6.28. The van der Waals surface area contributed by atoms with Crippen LogP contribution >= 0.6 is 11.6 Å². The van der Waals surface area contributed by atoms with Gasteiger partial charge in [-0.15, -0.1) is 0 Å². The first-order valence-corrected chi connectivity index (χ1v) is 7.51. The second-order valence-electron chi connectivity index (χ2n) is 4.87. The van der Waals surface area contributed by atoms with Crippen LogP contribution in [0.4, 0.5) is 11.9 Å².